The van der Waals surface area contributed by atoms with E-state index in [1.807, 2.05) is 0 Å². The molecule has 28 heavy (non-hydrogen) atoms. The molecule has 2 nitrogen and oxygen atoms in total. The minimum Gasteiger partial charge on any atom is -0.389 e. The third kappa shape index (κ3) is 4.85. The molecule has 0 unspecified atom stereocenters. The molecule has 1 saturated heterocycles. The summed E-state index contributed by atoms with van der Waals surface area (Å²) in [6.07, 6.45) is 6.59. The summed E-state index contributed by atoms with van der Waals surface area (Å²) < 4.78 is 0. The summed E-state index contributed by atoms with van der Waals surface area (Å²) in [6, 6.07) is 18.4. The van der Waals surface area contributed by atoms with Crippen LogP contribution in [0.5, 0.6) is 0 Å². The van der Waals surface area contributed by atoms with Crippen LogP contribution in [0.2, 0.25) is 0 Å². The first-order chi connectivity index (χ1) is 13.4. The highest BCUT2D eigenvalue weighted by molar-refractivity contribution is 5.27. The van der Waals surface area contributed by atoms with Crippen molar-refractivity contribution in [3.8, 4) is 0 Å². The molecule has 0 aliphatic carbocycles. The van der Waals surface area contributed by atoms with Crippen molar-refractivity contribution in [3.63, 3.8) is 0 Å². The van der Waals surface area contributed by atoms with E-state index in [1.165, 1.54) is 41.5 Å². The lowest BCUT2D eigenvalue weighted by molar-refractivity contribution is -0.756. The fraction of sp³-hybridized carbons (Fsp3) is 0.538. The van der Waals surface area contributed by atoms with E-state index >= 15 is 0 Å². The second-order valence-corrected chi connectivity index (χ2v) is 9.05. The van der Waals surface area contributed by atoms with Crippen LogP contribution in [-0.4, -0.2) is 10.7 Å². The molecule has 0 spiro atoms. The van der Waals surface area contributed by atoms with Gasteiger partial charge in [-0.3, -0.25) is 0 Å². The first-order valence-electron chi connectivity index (χ1n) is 11.1. The summed E-state index contributed by atoms with van der Waals surface area (Å²) >= 11 is 0. The zero-order chi connectivity index (χ0) is 20.1. The zero-order valence-corrected chi connectivity index (χ0v) is 18.1. The number of piperidine rings is 1. The highest BCUT2D eigenvalue weighted by Gasteiger charge is 2.48. The number of benzene rings is 2. The minimum atomic E-state index is -0.604. The third-order valence-corrected chi connectivity index (χ3v) is 6.83. The lowest BCUT2D eigenvalue weighted by atomic mass is 9.70. The molecule has 3 N–H and O–H groups in total. The molecule has 1 aliphatic rings. The van der Waals surface area contributed by atoms with Crippen LogP contribution in [0, 0.1) is 19.8 Å². The standard InChI is InChI=1S/C26H37NO/c1-5-6-7-8-17-26(28)18-24(22-13-9-19(2)10-14-22)27-25(21(26)4)23-15-11-20(3)12-16-23/h9-16,21,24-25,27-28H,5-8,17-18H2,1-4H3/p+1/t21-,24-,25-,26-/m0/s1. The predicted octanol–water partition coefficient (Wildman–Crippen LogP) is 5.39. The Morgan fingerprint density at radius 2 is 1.46 bits per heavy atom. The highest BCUT2D eigenvalue weighted by Crippen LogP contribution is 2.41. The number of aryl methyl sites for hydroxylation is 2. The van der Waals surface area contributed by atoms with Crippen LogP contribution in [0.4, 0.5) is 0 Å². The lowest BCUT2D eigenvalue weighted by Crippen LogP contribution is -2.91. The van der Waals surface area contributed by atoms with Gasteiger partial charge < -0.3 is 10.4 Å². The van der Waals surface area contributed by atoms with E-state index in [-0.39, 0.29) is 12.0 Å². The molecular weight excluding hydrogens is 342 g/mol. The third-order valence-electron chi connectivity index (χ3n) is 6.83. The largest absolute Gasteiger partial charge is 0.389 e. The van der Waals surface area contributed by atoms with Crippen LogP contribution < -0.4 is 5.32 Å². The van der Waals surface area contributed by atoms with Gasteiger partial charge in [-0.1, -0.05) is 99.2 Å². The maximum Gasteiger partial charge on any atom is 0.117 e. The molecule has 3 rings (SSSR count). The fourth-order valence-electron chi connectivity index (χ4n) is 4.80. The van der Waals surface area contributed by atoms with Gasteiger partial charge >= 0.3 is 0 Å². The molecule has 1 heterocycles. The molecule has 1 aliphatic heterocycles. The number of rotatable bonds is 7. The zero-order valence-electron chi connectivity index (χ0n) is 18.1. The molecule has 2 aromatic carbocycles. The molecule has 0 aromatic heterocycles. The van der Waals surface area contributed by atoms with E-state index in [9.17, 15) is 5.11 Å². The van der Waals surface area contributed by atoms with Crippen molar-refractivity contribution in [2.45, 2.75) is 83.9 Å². The second-order valence-electron chi connectivity index (χ2n) is 9.05. The number of hydrogen-bond donors (Lipinski definition) is 2. The molecule has 0 bridgehead atoms. The Morgan fingerprint density at radius 1 is 0.893 bits per heavy atom. The molecule has 0 saturated carbocycles. The van der Waals surface area contributed by atoms with Gasteiger partial charge in [-0.25, -0.2) is 0 Å². The van der Waals surface area contributed by atoms with Crippen molar-refractivity contribution >= 4 is 0 Å². The van der Waals surface area contributed by atoms with Gasteiger partial charge in [0.1, 0.15) is 12.1 Å². The van der Waals surface area contributed by atoms with E-state index in [0.29, 0.717) is 6.04 Å². The van der Waals surface area contributed by atoms with Crippen LogP contribution in [-0.2, 0) is 0 Å². The molecular formula is C26H38NO+. The van der Waals surface area contributed by atoms with Crippen molar-refractivity contribution < 1.29 is 10.4 Å². The minimum absolute atomic E-state index is 0.235. The normalized spacial score (nSPS) is 27.7. The quantitative estimate of drug-likeness (QED) is 0.621. The summed E-state index contributed by atoms with van der Waals surface area (Å²) in [5.74, 6) is 0.235. The molecule has 4 atom stereocenters. The topological polar surface area (TPSA) is 36.8 Å². The highest BCUT2D eigenvalue weighted by atomic mass is 16.3. The molecule has 1 fully saturated rings. The van der Waals surface area contributed by atoms with Gasteiger partial charge in [0.15, 0.2) is 0 Å². The van der Waals surface area contributed by atoms with E-state index < -0.39 is 5.60 Å². The molecule has 0 amide bonds. The summed E-state index contributed by atoms with van der Waals surface area (Å²) in [7, 11) is 0. The Labute approximate surface area is 171 Å². The van der Waals surface area contributed by atoms with Gasteiger partial charge in [0, 0.05) is 23.5 Å². The SMILES string of the molecule is CCCCCC[C@]1(O)C[C@@H](c2ccc(C)cc2)[NH2+][C@H](c2ccc(C)cc2)[C@@H]1C. The monoisotopic (exact) mass is 380 g/mol. The summed E-state index contributed by atoms with van der Waals surface area (Å²) in [5.41, 5.74) is 4.64. The maximum atomic E-state index is 11.8. The Bertz CT molecular complexity index is 736. The average Bonchev–Trinajstić information content (AvgIpc) is 2.69. The van der Waals surface area contributed by atoms with E-state index in [0.717, 1.165) is 19.3 Å². The fourth-order valence-corrected chi connectivity index (χ4v) is 4.80. The van der Waals surface area contributed by atoms with Crippen molar-refractivity contribution in [3.05, 3.63) is 70.8 Å². The van der Waals surface area contributed by atoms with Crippen LogP contribution in [0.1, 0.15) is 86.7 Å². The van der Waals surface area contributed by atoms with Gasteiger partial charge in [-0.05, 0) is 20.3 Å². The number of nitrogens with two attached hydrogens (primary N) is 1. The molecule has 0 radical (unpaired) electrons. The van der Waals surface area contributed by atoms with E-state index in [4.69, 9.17) is 0 Å². The number of aliphatic hydroxyl groups is 1. The van der Waals surface area contributed by atoms with Gasteiger partial charge in [0.2, 0.25) is 0 Å². The smallest absolute Gasteiger partial charge is 0.117 e. The van der Waals surface area contributed by atoms with Crippen LogP contribution >= 0.6 is 0 Å². The second kappa shape index (κ2) is 9.24. The Balaban J connectivity index is 1.87. The number of unbranched alkanes of at least 4 members (excludes halogenated alkanes) is 3. The Kier molecular flexibility index (Phi) is 6.95. The van der Waals surface area contributed by atoms with Gasteiger partial charge in [0.05, 0.1) is 5.60 Å². The van der Waals surface area contributed by atoms with Gasteiger partial charge in [0.25, 0.3) is 0 Å². The van der Waals surface area contributed by atoms with E-state index in [2.05, 4.69) is 81.5 Å². The molecule has 2 aromatic rings. The van der Waals surface area contributed by atoms with Crippen molar-refractivity contribution in [2.75, 3.05) is 0 Å². The van der Waals surface area contributed by atoms with Crippen LogP contribution in [0.3, 0.4) is 0 Å². The Morgan fingerprint density at radius 3 is 2.04 bits per heavy atom. The van der Waals surface area contributed by atoms with Gasteiger partial charge in [-0.15, -0.1) is 0 Å². The molecule has 152 valence electrons. The summed E-state index contributed by atoms with van der Waals surface area (Å²) in [6.45, 7) is 8.77. The summed E-state index contributed by atoms with van der Waals surface area (Å²) in [5, 5.41) is 14.3. The van der Waals surface area contributed by atoms with Gasteiger partial charge in [-0.2, -0.15) is 0 Å². The van der Waals surface area contributed by atoms with Crippen molar-refractivity contribution in [1.82, 2.24) is 0 Å². The van der Waals surface area contributed by atoms with E-state index in [1.54, 1.807) is 0 Å². The van der Waals surface area contributed by atoms with Crippen LogP contribution in [0.25, 0.3) is 0 Å². The van der Waals surface area contributed by atoms with Crippen molar-refractivity contribution in [1.29, 1.82) is 0 Å². The van der Waals surface area contributed by atoms with Crippen molar-refractivity contribution in [2.24, 2.45) is 5.92 Å². The Hall–Kier alpha value is -1.64. The summed E-state index contributed by atoms with van der Waals surface area (Å²) in [4.78, 5) is 0. The van der Waals surface area contributed by atoms with Crippen LogP contribution in [0.15, 0.2) is 48.5 Å². The molecule has 2 heteroatoms. The number of quaternary nitrogens is 1. The maximum absolute atomic E-state index is 11.8. The first kappa shape index (κ1) is 21.1. The average molecular weight is 381 g/mol. The number of hydrogen-bond acceptors (Lipinski definition) is 1. The first-order valence-corrected chi connectivity index (χ1v) is 11.1. The predicted molar refractivity (Wildman–Crippen MR) is 117 cm³/mol. The lowest BCUT2D eigenvalue weighted by Gasteiger charge is -2.45.